The molecule has 6 nitrogen and oxygen atoms in total. The standard InChI is InChI=1S/C9H13N3O3/c1-3-12(4-5-13)8(6-14)9(10)11(2)7-15/h3,5-7H,1,4,10H2,2H3/b9-8+. The summed E-state index contributed by atoms with van der Waals surface area (Å²) in [6, 6.07) is 0. The van der Waals surface area contributed by atoms with Crippen molar-refractivity contribution in [1.82, 2.24) is 9.80 Å². The maximum Gasteiger partial charge on any atom is 0.215 e. The Kier molecular flexibility index (Phi) is 5.47. The molecule has 0 saturated heterocycles. The van der Waals surface area contributed by atoms with Crippen LogP contribution in [0.1, 0.15) is 0 Å². The van der Waals surface area contributed by atoms with Crippen LogP contribution < -0.4 is 5.73 Å². The largest absolute Gasteiger partial charge is 0.383 e. The number of allylic oxidation sites excluding steroid dienone is 1. The lowest BCUT2D eigenvalue weighted by Crippen LogP contribution is -2.30. The molecule has 0 spiro atoms. The molecule has 0 heterocycles. The molecule has 0 aromatic rings. The number of carbonyl (C=O) groups is 3. The van der Waals surface area contributed by atoms with Gasteiger partial charge in [0.15, 0.2) is 6.29 Å². The first kappa shape index (κ1) is 12.9. The summed E-state index contributed by atoms with van der Waals surface area (Å²) in [6.07, 6.45) is 2.80. The Morgan fingerprint density at radius 1 is 1.40 bits per heavy atom. The third kappa shape index (κ3) is 3.26. The van der Waals surface area contributed by atoms with Crippen molar-refractivity contribution in [2.75, 3.05) is 13.6 Å². The Morgan fingerprint density at radius 2 is 2.00 bits per heavy atom. The van der Waals surface area contributed by atoms with Crippen molar-refractivity contribution in [3.8, 4) is 0 Å². The molecule has 0 bridgehead atoms. The fourth-order valence-corrected chi connectivity index (χ4v) is 0.864. The van der Waals surface area contributed by atoms with Crippen LogP contribution in [-0.2, 0) is 14.4 Å². The Bertz CT molecular complexity index is 299. The number of nitrogens with two attached hydrogens (primary N) is 1. The van der Waals surface area contributed by atoms with Crippen molar-refractivity contribution in [2.45, 2.75) is 0 Å². The molecule has 0 saturated carbocycles. The van der Waals surface area contributed by atoms with E-state index in [4.69, 9.17) is 5.73 Å². The first-order valence-corrected chi connectivity index (χ1v) is 4.08. The van der Waals surface area contributed by atoms with Gasteiger partial charge >= 0.3 is 0 Å². The quantitative estimate of drug-likeness (QED) is 0.433. The molecule has 0 atom stereocenters. The van der Waals surface area contributed by atoms with Crippen molar-refractivity contribution in [1.29, 1.82) is 0 Å². The van der Waals surface area contributed by atoms with E-state index >= 15 is 0 Å². The summed E-state index contributed by atoms with van der Waals surface area (Å²) in [5, 5.41) is 0. The maximum absolute atomic E-state index is 10.8. The molecule has 0 aliphatic carbocycles. The number of hydrogen-bond acceptors (Lipinski definition) is 5. The lowest BCUT2D eigenvalue weighted by molar-refractivity contribution is -0.115. The second kappa shape index (κ2) is 6.36. The fourth-order valence-electron chi connectivity index (χ4n) is 0.864. The zero-order chi connectivity index (χ0) is 11.8. The Balaban J connectivity index is 5.15. The Morgan fingerprint density at radius 3 is 2.33 bits per heavy atom. The lowest BCUT2D eigenvalue weighted by Gasteiger charge is -2.21. The van der Waals surface area contributed by atoms with Gasteiger partial charge in [-0.3, -0.25) is 9.59 Å². The molecule has 82 valence electrons. The van der Waals surface area contributed by atoms with E-state index < -0.39 is 0 Å². The van der Waals surface area contributed by atoms with E-state index in [9.17, 15) is 14.4 Å². The molecule has 0 aromatic carbocycles. The van der Waals surface area contributed by atoms with Crippen LogP contribution in [0.15, 0.2) is 24.3 Å². The molecular formula is C9H13N3O3. The van der Waals surface area contributed by atoms with E-state index in [0.29, 0.717) is 19.0 Å². The number of amides is 1. The summed E-state index contributed by atoms with van der Waals surface area (Å²) in [5.41, 5.74) is 5.55. The van der Waals surface area contributed by atoms with E-state index in [-0.39, 0.29) is 18.1 Å². The van der Waals surface area contributed by atoms with Crippen LogP contribution in [0.4, 0.5) is 0 Å². The maximum atomic E-state index is 10.8. The van der Waals surface area contributed by atoms with E-state index in [1.807, 2.05) is 0 Å². The third-order valence-corrected chi connectivity index (χ3v) is 1.71. The van der Waals surface area contributed by atoms with Gasteiger partial charge in [-0.1, -0.05) is 6.58 Å². The lowest BCUT2D eigenvalue weighted by atomic mass is 10.4. The van der Waals surface area contributed by atoms with Crippen molar-refractivity contribution in [3.05, 3.63) is 24.3 Å². The van der Waals surface area contributed by atoms with Crippen LogP contribution in [0.3, 0.4) is 0 Å². The number of nitrogens with zero attached hydrogens (tertiary/aromatic N) is 2. The van der Waals surface area contributed by atoms with Crippen LogP contribution in [0.5, 0.6) is 0 Å². The SMILES string of the molecule is C=CN(CC=O)/C(C=O)=C(\N)N(C)C=O. The molecule has 0 fully saturated rings. The van der Waals surface area contributed by atoms with Gasteiger partial charge in [0.2, 0.25) is 6.41 Å². The third-order valence-electron chi connectivity index (χ3n) is 1.71. The number of hydrogen-bond donors (Lipinski definition) is 1. The Labute approximate surface area is 87.6 Å². The second-order valence-corrected chi connectivity index (χ2v) is 2.61. The first-order chi connectivity index (χ1) is 7.12. The highest BCUT2D eigenvalue weighted by atomic mass is 16.1. The smallest absolute Gasteiger partial charge is 0.215 e. The minimum Gasteiger partial charge on any atom is -0.383 e. The van der Waals surface area contributed by atoms with Gasteiger partial charge in [-0.05, 0) is 6.20 Å². The average molecular weight is 211 g/mol. The summed E-state index contributed by atoms with van der Waals surface area (Å²) >= 11 is 0. The molecule has 0 aromatic heterocycles. The molecule has 15 heavy (non-hydrogen) atoms. The van der Waals surface area contributed by atoms with Gasteiger partial charge in [0.25, 0.3) is 0 Å². The molecule has 0 aliphatic heterocycles. The fraction of sp³-hybridized carbons (Fsp3) is 0.222. The van der Waals surface area contributed by atoms with Gasteiger partial charge < -0.3 is 20.3 Å². The zero-order valence-corrected chi connectivity index (χ0v) is 8.42. The average Bonchev–Trinajstić information content (AvgIpc) is 2.27. The monoisotopic (exact) mass is 211 g/mol. The van der Waals surface area contributed by atoms with Gasteiger partial charge in [-0.15, -0.1) is 0 Å². The molecule has 0 unspecified atom stereocenters. The molecule has 1 amide bonds. The molecular weight excluding hydrogens is 198 g/mol. The van der Waals surface area contributed by atoms with E-state index in [1.165, 1.54) is 18.1 Å². The van der Waals surface area contributed by atoms with E-state index in [1.54, 1.807) is 0 Å². The van der Waals surface area contributed by atoms with Gasteiger partial charge in [-0.2, -0.15) is 0 Å². The molecule has 0 radical (unpaired) electrons. The minimum absolute atomic E-state index is 0.0201. The topological polar surface area (TPSA) is 83.7 Å². The van der Waals surface area contributed by atoms with Gasteiger partial charge in [-0.25, -0.2) is 0 Å². The zero-order valence-electron chi connectivity index (χ0n) is 8.42. The first-order valence-electron chi connectivity index (χ1n) is 4.08. The van der Waals surface area contributed by atoms with Crippen molar-refractivity contribution in [2.24, 2.45) is 5.73 Å². The van der Waals surface area contributed by atoms with E-state index in [0.717, 1.165) is 4.90 Å². The second-order valence-electron chi connectivity index (χ2n) is 2.61. The van der Waals surface area contributed by atoms with Crippen LogP contribution in [0.25, 0.3) is 0 Å². The minimum atomic E-state index is -0.0506. The number of rotatable bonds is 7. The normalized spacial score (nSPS) is 11.0. The molecule has 2 N–H and O–H groups in total. The summed E-state index contributed by atoms with van der Waals surface area (Å²) < 4.78 is 0. The van der Waals surface area contributed by atoms with Crippen molar-refractivity contribution in [3.63, 3.8) is 0 Å². The van der Waals surface area contributed by atoms with Gasteiger partial charge in [0.1, 0.15) is 17.8 Å². The molecule has 6 heteroatoms. The molecule has 0 aliphatic rings. The predicted molar refractivity (Wildman–Crippen MR) is 54.1 cm³/mol. The van der Waals surface area contributed by atoms with Crippen LogP contribution in [0.2, 0.25) is 0 Å². The Hall–Kier alpha value is -2.11. The summed E-state index contributed by atoms with van der Waals surface area (Å²) in [4.78, 5) is 33.8. The molecule has 0 rings (SSSR count). The van der Waals surface area contributed by atoms with Gasteiger partial charge in [0, 0.05) is 7.05 Å². The summed E-state index contributed by atoms with van der Waals surface area (Å²) in [5.74, 6) is -0.0400. The highest BCUT2D eigenvalue weighted by Gasteiger charge is 2.12. The number of aldehydes is 2. The van der Waals surface area contributed by atoms with Crippen molar-refractivity contribution >= 4 is 19.0 Å². The van der Waals surface area contributed by atoms with Crippen LogP contribution >= 0.6 is 0 Å². The summed E-state index contributed by atoms with van der Waals surface area (Å²) in [6.45, 7) is 3.38. The predicted octanol–water partition coefficient (Wildman–Crippen LogP) is -0.954. The summed E-state index contributed by atoms with van der Waals surface area (Å²) in [7, 11) is 1.40. The van der Waals surface area contributed by atoms with Gasteiger partial charge in [0.05, 0.1) is 6.54 Å². The number of carbonyl (C=O) groups excluding carboxylic acids is 3. The highest BCUT2D eigenvalue weighted by molar-refractivity contribution is 5.75. The van der Waals surface area contributed by atoms with Crippen LogP contribution in [0, 0.1) is 0 Å². The van der Waals surface area contributed by atoms with Crippen LogP contribution in [-0.4, -0.2) is 42.4 Å². The highest BCUT2D eigenvalue weighted by Crippen LogP contribution is 2.05. The van der Waals surface area contributed by atoms with E-state index in [2.05, 4.69) is 6.58 Å². The van der Waals surface area contributed by atoms with Crippen molar-refractivity contribution < 1.29 is 14.4 Å².